The number of anilines is 1. The van der Waals surface area contributed by atoms with Crippen molar-refractivity contribution in [3.05, 3.63) is 35.6 Å². The van der Waals surface area contributed by atoms with Crippen LogP contribution in [0.3, 0.4) is 0 Å². The second-order valence-electron chi connectivity index (χ2n) is 4.27. The number of rotatable bonds is 5. The molecule has 2 aromatic rings. The quantitative estimate of drug-likeness (QED) is 0.876. The van der Waals surface area contributed by atoms with Crippen molar-refractivity contribution in [1.82, 2.24) is 0 Å². The highest BCUT2D eigenvalue weighted by molar-refractivity contribution is 5.89. The number of benzene rings is 1. The van der Waals surface area contributed by atoms with Gasteiger partial charge in [-0.15, -0.1) is 0 Å². The predicted molar refractivity (Wildman–Crippen MR) is 76.6 cm³/mol. The first kappa shape index (κ1) is 14.0. The maximum atomic E-state index is 11.0. The minimum atomic E-state index is -0.987. The van der Waals surface area contributed by atoms with E-state index in [4.69, 9.17) is 14.3 Å². The number of aryl methyl sites for hydroxylation is 1. The SMILES string of the molecule is CCc1oc(-c2ccc(C(=O)O)cc2OC)cc1NC. The van der Waals surface area contributed by atoms with Gasteiger partial charge in [0.25, 0.3) is 0 Å². The molecule has 1 aromatic carbocycles. The summed E-state index contributed by atoms with van der Waals surface area (Å²) in [6.07, 6.45) is 0.770. The van der Waals surface area contributed by atoms with Crippen LogP contribution < -0.4 is 10.1 Å². The van der Waals surface area contributed by atoms with Gasteiger partial charge in [-0.05, 0) is 18.2 Å². The van der Waals surface area contributed by atoms with Crippen molar-refractivity contribution in [3.8, 4) is 17.1 Å². The Morgan fingerprint density at radius 3 is 2.65 bits per heavy atom. The van der Waals surface area contributed by atoms with Gasteiger partial charge in [-0.2, -0.15) is 0 Å². The van der Waals surface area contributed by atoms with Crippen LogP contribution in [0.25, 0.3) is 11.3 Å². The molecule has 0 aliphatic carbocycles. The van der Waals surface area contributed by atoms with E-state index in [0.29, 0.717) is 11.5 Å². The summed E-state index contributed by atoms with van der Waals surface area (Å²) in [4.78, 5) is 11.0. The number of hydrogen-bond donors (Lipinski definition) is 2. The fourth-order valence-corrected chi connectivity index (χ4v) is 2.06. The summed E-state index contributed by atoms with van der Waals surface area (Å²) in [5, 5.41) is 12.1. The van der Waals surface area contributed by atoms with Gasteiger partial charge in [0.1, 0.15) is 17.3 Å². The molecule has 0 radical (unpaired) electrons. The number of carbonyl (C=O) groups is 1. The monoisotopic (exact) mass is 275 g/mol. The Morgan fingerprint density at radius 1 is 1.40 bits per heavy atom. The van der Waals surface area contributed by atoms with Crippen molar-refractivity contribution in [2.24, 2.45) is 0 Å². The van der Waals surface area contributed by atoms with E-state index in [9.17, 15) is 4.79 Å². The lowest BCUT2D eigenvalue weighted by Gasteiger charge is -2.07. The molecule has 1 aromatic heterocycles. The van der Waals surface area contributed by atoms with Gasteiger partial charge in [0, 0.05) is 19.5 Å². The highest BCUT2D eigenvalue weighted by atomic mass is 16.5. The van der Waals surface area contributed by atoms with E-state index in [1.54, 1.807) is 6.07 Å². The zero-order valence-corrected chi connectivity index (χ0v) is 11.7. The van der Waals surface area contributed by atoms with Crippen LogP contribution in [0.1, 0.15) is 23.0 Å². The summed E-state index contributed by atoms with van der Waals surface area (Å²) in [6, 6.07) is 6.61. The summed E-state index contributed by atoms with van der Waals surface area (Å²) in [7, 11) is 3.34. The number of methoxy groups -OCH3 is 1. The Bertz CT molecular complexity index is 609. The molecule has 2 N–H and O–H groups in total. The van der Waals surface area contributed by atoms with E-state index in [2.05, 4.69) is 5.32 Å². The highest BCUT2D eigenvalue weighted by Crippen LogP contribution is 2.35. The predicted octanol–water partition coefficient (Wildman–Crippen LogP) is 3.26. The third-order valence-electron chi connectivity index (χ3n) is 3.11. The number of nitrogens with one attached hydrogen (secondary N) is 1. The van der Waals surface area contributed by atoms with Gasteiger partial charge in [0.05, 0.1) is 23.9 Å². The van der Waals surface area contributed by atoms with E-state index in [1.807, 2.05) is 20.0 Å². The lowest BCUT2D eigenvalue weighted by molar-refractivity contribution is 0.0696. The maximum Gasteiger partial charge on any atom is 0.335 e. The number of carboxylic acids is 1. The second kappa shape index (κ2) is 5.69. The molecule has 0 amide bonds. The van der Waals surface area contributed by atoms with Gasteiger partial charge in [0.2, 0.25) is 0 Å². The van der Waals surface area contributed by atoms with E-state index in [-0.39, 0.29) is 5.56 Å². The van der Waals surface area contributed by atoms with Crippen LogP contribution in [-0.2, 0) is 6.42 Å². The average Bonchev–Trinajstić information content (AvgIpc) is 2.89. The fourth-order valence-electron chi connectivity index (χ4n) is 2.06. The lowest BCUT2D eigenvalue weighted by atomic mass is 10.1. The van der Waals surface area contributed by atoms with Crippen molar-refractivity contribution >= 4 is 11.7 Å². The van der Waals surface area contributed by atoms with E-state index in [0.717, 1.165) is 23.4 Å². The molecular weight excluding hydrogens is 258 g/mol. The molecule has 0 unspecified atom stereocenters. The molecular formula is C15H17NO4. The third-order valence-corrected chi connectivity index (χ3v) is 3.11. The molecule has 0 aliphatic rings. The topological polar surface area (TPSA) is 71.7 Å². The van der Waals surface area contributed by atoms with Gasteiger partial charge in [0.15, 0.2) is 0 Å². The normalized spacial score (nSPS) is 10.3. The van der Waals surface area contributed by atoms with Gasteiger partial charge < -0.3 is 19.6 Å². The van der Waals surface area contributed by atoms with Gasteiger partial charge in [-0.1, -0.05) is 6.92 Å². The molecule has 0 bridgehead atoms. The maximum absolute atomic E-state index is 11.0. The van der Waals surface area contributed by atoms with Crippen LogP contribution in [0, 0.1) is 0 Å². The summed E-state index contributed by atoms with van der Waals surface area (Å²) in [5.74, 6) is 0.996. The molecule has 0 saturated carbocycles. The van der Waals surface area contributed by atoms with Crippen LogP contribution in [0.15, 0.2) is 28.7 Å². The minimum absolute atomic E-state index is 0.182. The molecule has 1 heterocycles. The van der Waals surface area contributed by atoms with Crippen molar-refractivity contribution in [1.29, 1.82) is 0 Å². The first-order valence-corrected chi connectivity index (χ1v) is 6.32. The summed E-state index contributed by atoms with van der Waals surface area (Å²) in [5.41, 5.74) is 1.84. The van der Waals surface area contributed by atoms with E-state index < -0.39 is 5.97 Å². The summed E-state index contributed by atoms with van der Waals surface area (Å²) >= 11 is 0. The van der Waals surface area contributed by atoms with Gasteiger partial charge in [-0.25, -0.2) is 4.79 Å². The Balaban J connectivity index is 2.51. The molecule has 20 heavy (non-hydrogen) atoms. The highest BCUT2D eigenvalue weighted by Gasteiger charge is 2.16. The first-order valence-electron chi connectivity index (χ1n) is 6.32. The van der Waals surface area contributed by atoms with Crippen LogP contribution in [0.5, 0.6) is 5.75 Å². The molecule has 0 fully saturated rings. The molecule has 0 atom stereocenters. The fraction of sp³-hybridized carbons (Fsp3) is 0.267. The molecule has 0 saturated heterocycles. The van der Waals surface area contributed by atoms with Crippen molar-refractivity contribution in [3.63, 3.8) is 0 Å². The number of aromatic carboxylic acids is 1. The smallest absolute Gasteiger partial charge is 0.335 e. The molecule has 0 spiro atoms. The molecule has 106 valence electrons. The summed E-state index contributed by atoms with van der Waals surface area (Å²) < 4.78 is 11.1. The van der Waals surface area contributed by atoms with E-state index in [1.165, 1.54) is 19.2 Å². The third kappa shape index (κ3) is 2.47. The Morgan fingerprint density at radius 2 is 2.15 bits per heavy atom. The number of hydrogen-bond acceptors (Lipinski definition) is 4. The largest absolute Gasteiger partial charge is 0.496 e. The Hall–Kier alpha value is -2.43. The van der Waals surface area contributed by atoms with E-state index >= 15 is 0 Å². The van der Waals surface area contributed by atoms with Crippen molar-refractivity contribution in [2.45, 2.75) is 13.3 Å². The average molecular weight is 275 g/mol. The number of furan rings is 1. The van der Waals surface area contributed by atoms with Crippen LogP contribution in [-0.4, -0.2) is 25.2 Å². The molecule has 5 nitrogen and oxygen atoms in total. The Kier molecular flexibility index (Phi) is 3.98. The van der Waals surface area contributed by atoms with Crippen LogP contribution in [0.4, 0.5) is 5.69 Å². The van der Waals surface area contributed by atoms with Crippen molar-refractivity contribution < 1.29 is 19.1 Å². The van der Waals surface area contributed by atoms with Crippen LogP contribution in [0.2, 0.25) is 0 Å². The zero-order chi connectivity index (χ0) is 14.7. The lowest BCUT2D eigenvalue weighted by Crippen LogP contribution is -1.97. The van der Waals surface area contributed by atoms with Crippen LogP contribution >= 0.6 is 0 Å². The number of carboxylic acid groups (broad SMARTS) is 1. The zero-order valence-electron chi connectivity index (χ0n) is 11.7. The molecule has 2 rings (SSSR count). The standard InChI is InChI=1S/C15H17NO4/c1-4-12-11(16-2)8-14(20-12)10-6-5-9(15(17)18)7-13(10)19-3/h5-8,16H,4H2,1-3H3,(H,17,18). The van der Waals surface area contributed by atoms with Crippen molar-refractivity contribution in [2.75, 3.05) is 19.5 Å². The minimum Gasteiger partial charge on any atom is -0.496 e. The molecule has 5 heteroatoms. The molecule has 0 aliphatic heterocycles. The number of ether oxygens (including phenoxy) is 1. The second-order valence-corrected chi connectivity index (χ2v) is 4.27. The summed E-state index contributed by atoms with van der Waals surface area (Å²) in [6.45, 7) is 2.01. The first-order chi connectivity index (χ1) is 9.60. The van der Waals surface area contributed by atoms with Gasteiger partial charge >= 0.3 is 5.97 Å². The van der Waals surface area contributed by atoms with Gasteiger partial charge in [-0.3, -0.25) is 0 Å². The Labute approximate surface area is 117 Å².